The Morgan fingerprint density at radius 2 is 1.66 bits per heavy atom. The van der Waals surface area contributed by atoms with E-state index in [1.54, 1.807) is 6.07 Å². The fraction of sp³-hybridized carbons (Fsp3) is 0.360. The van der Waals surface area contributed by atoms with Crippen molar-refractivity contribution >= 4 is 0 Å². The van der Waals surface area contributed by atoms with E-state index in [1.807, 2.05) is 0 Å². The number of hydrogen-bond donors (Lipinski definition) is 0. The first-order chi connectivity index (χ1) is 13.8. The third kappa shape index (κ3) is 5.54. The Labute approximate surface area is 172 Å². The van der Waals surface area contributed by atoms with Crippen molar-refractivity contribution in [2.45, 2.75) is 53.4 Å². The minimum Gasteiger partial charge on any atom is -0.346 e. The van der Waals surface area contributed by atoms with Crippen LogP contribution in [-0.2, 0) is 19.6 Å². The zero-order valence-electron chi connectivity index (χ0n) is 17.7. The molecule has 0 amide bonds. The molecule has 0 N–H and O–H groups in total. The highest BCUT2D eigenvalue weighted by molar-refractivity contribution is 5.24. The van der Waals surface area contributed by atoms with Gasteiger partial charge in [0.05, 0.1) is 0 Å². The van der Waals surface area contributed by atoms with Gasteiger partial charge in [-0.15, -0.1) is 0 Å². The second-order valence-electron chi connectivity index (χ2n) is 8.25. The third-order valence-electron chi connectivity index (χ3n) is 5.63. The molecule has 1 heterocycles. The van der Waals surface area contributed by atoms with E-state index in [0.717, 1.165) is 18.7 Å². The first-order valence-electron chi connectivity index (χ1n) is 10.2. The third-order valence-corrected chi connectivity index (χ3v) is 5.63. The van der Waals surface area contributed by atoms with Gasteiger partial charge in [-0.25, -0.2) is 8.78 Å². The first-order valence-corrected chi connectivity index (χ1v) is 10.2. The zero-order chi connectivity index (χ0) is 21.0. The van der Waals surface area contributed by atoms with Crippen LogP contribution < -0.4 is 0 Å². The predicted molar refractivity (Wildman–Crippen MR) is 115 cm³/mol. The smallest absolute Gasteiger partial charge is 0.159 e. The molecule has 29 heavy (non-hydrogen) atoms. The Kier molecular flexibility index (Phi) is 6.86. The van der Waals surface area contributed by atoms with Gasteiger partial charge in [-0.2, -0.15) is 0 Å². The number of nitrogens with zero attached hydrogens (tertiary/aromatic N) is 2. The van der Waals surface area contributed by atoms with E-state index in [-0.39, 0.29) is 0 Å². The van der Waals surface area contributed by atoms with Crippen LogP contribution in [-0.4, -0.2) is 15.5 Å². The Balaban J connectivity index is 1.81. The standard InChI is InChI=1S/C25H30F2N2/c1-18(2)20(4)29(16-22-10-11-24(26)25(27)14-22)17-23-9-6-12-28(23)15-21-8-5-7-19(3)13-21/h5-14,18,20H,15-17H2,1-4H3/t20-/m0/s1. The number of aromatic nitrogens is 1. The van der Waals surface area contributed by atoms with Crippen molar-refractivity contribution in [3.05, 3.63) is 94.8 Å². The van der Waals surface area contributed by atoms with Gasteiger partial charge in [0.25, 0.3) is 0 Å². The van der Waals surface area contributed by atoms with Crippen molar-refractivity contribution in [2.24, 2.45) is 5.92 Å². The van der Waals surface area contributed by atoms with Crippen LogP contribution in [0.2, 0.25) is 0 Å². The number of rotatable bonds is 8. The molecule has 3 aromatic rings. The van der Waals surface area contributed by atoms with Crippen LogP contribution in [0, 0.1) is 24.5 Å². The van der Waals surface area contributed by atoms with Gasteiger partial charge in [-0.1, -0.05) is 49.7 Å². The Morgan fingerprint density at radius 3 is 2.34 bits per heavy atom. The average molecular weight is 397 g/mol. The van der Waals surface area contributed by atoms with E-state index < -0.39 is 11.6 Å². The van der Waals surface area contributed by atoms with Gasteiger partial charge in [0, 0.05) is 37.6 Å². The van der Waals surface area contributed by atoms with Gasteiger partial charge < -0.3 is 4.57 Å². The predicted octanol–water partition coefficient (Wildman–Crippen LogP) is 6.17. The minimum absolute atomic E-state index is 0.297. The highest BCUT2D eigenvalue weighted by Crippen LogP contribution is 2.20. The van der Waals surface area contributed by atoms with Gasteiger partial charge in [-0.05, 0) is 55.2 Å². The molecule has 0 unspecified atom stereocenters. The molecule has 0 aliphatic rings. The Morgan fingerprint density at radius 1 is 0.862 bits per heavy atom. The summed E-state index contributed by atoms with van der Waals surface area (Å²) < 4.78 is 29.3. The Hall–Kier alpha value is -2.46. The topological polar surface area (TPSA) is 8.17 Å². The van der Waals surface area contributed by atoms with Crippen molar-refractivity contribution in [1.82, 2.24) is 9.47 Å². The van der Waals surface area contributed by atoms with E-state index in [4.69, 9.17) is 0 Å². The van der Waals surface area contributed by atoms with Crippen molar-refractivity contribution in [3.63, 3.8) is 0 Å². The highest BCUT2D eigenvalue weighted by atomic mass is 19.2. The SMILES string of the molecule is Cc1cccc(Cn2cccc2CN(Cc2ccc(F)c(F)c2)[C@@H](C)C(C)C)c1. The Bertz CT molecular complexity index is 946. The lowest BCUT2D eigenvalue weighted by molar-refractivity contribution is 0.148. The molecule has 0 saturated carbocycles. The molecule has 3 rings (SSSR count). The molecule has 2 nitrogen and oxygen atoms in total. The molecule has 0 aliphatic carbocycles. The summed E-state index contributed by atoms with van der Waals surface area (Å²) >= 11 is 0. The maximum absolute atomic E-state index is 13.7. The van der Waals surface area contributed by atoms with Crippen molar-refractivity contribution in [3.8, 4) is 0 Å². The summed E-state index contributed by atoms with van der Waals surface area (Å²) in [5.74, 6) is -1.15. The van der Waals surface area contributed by atoms with Crippen LogP contribution in [0.25, 0.3) is 0 Å². The van der Waals surface area contributed by atoms with Gasteiger partial charge >= 0.3 is 0 Å². The van der Waals surface area contributed by atoms with E-state index in [1.165, 1.54) is 29.0 Å². The molecule has 1 aromatic heterocycles. The summed E-state index contributed by atoms with van der Waals surface area (Å²) in [5.41, 5.74) is 4.52. The lowest BCUT2D eigenvalue weighted by Crippen LogP contribution is -2.36. The molecule has 0 fully saturated rings. The highest BCUT2D eigenvalue weighted by Gasteiger charge is 2.20. The maximum Gasteiger partial charge on any atom is 0.159 e. The molecule has 0 bridgehead atoms. The van der Waals surface area contributed by atoms with Crippen LogP contribution in [0.5, 0.6) is 0 Å². The molecule has 154 valence electrons. The van der Waals surface area contributed by atoms with Crippen LogP contribution >= 0.6 is 0 Å². The normalized spacial score (nSPS) is 12.7. The summed E-state index contributed by atoms with van der Waals surface area (Å²) in [4.78, 5) is 2.33. The number of benzene rings is 2. The zero-order valence-corrected chi connectivity index (χ0v) is 17.7. The fourth-order valence-corrected chi connectivity index (χ4v) is 3.60. The lowest BCUT2D eigenvalue weighted by Gasteiger charge is -2.32. The molecule has 0 spiro atoms. The van der Waals surface area contributed by atoms with Gasteiger partial charge in [-0.3, -0.25) is 4.90 Å². The second-order valence-corrected chi connectivity index (χ2v) is 8.25. The molecule has 0 saturated heterocycles. The molecule has 0 aliphatic heterocycles. The van der Waals surface area contributed by atoms with Crippen molar-refractivity contribution in [2.75, 3.05) is 0 Å². The van der Waals surface area contributed by atoms with Crippen LogP contribution in [0.15, 0.2) is 60.8 Å². The van der Waals surface area contributed by atoms with E-state index in [0.29, 0.717) is 18.5 Å². The molecule has 0 radical (unpaired) electrons. The van der Waals surface area contributed by atoms with Crippen molar-refractivity contribution in [1.29, 1.82) is 0 Å². The first kappa shape index (κ1) is 21.3. The van der Waals surface area contributed by atoms with E-state index in [2.05, 4.69) is 79.8 Å². The van der Waals surface area contributed by atoms with Gasteiger partial charge in [0.1, 0.15) is 0 Å². The summed E-state index contributed by atoms with van der Waals surface area (Å²) in [7, 11) is 0. The van der Waals surface area contributed by atoms with Crippen molar-refractivity contribution < 1.29 is 8.78 Å². The summed E-state index contributed by atoms with van der Waals surface area (Å²) in [6, 6.07) is 17.2. The van der Waals surface area contributed by atoms with Gasteiger partial charge in [0.2, 0.25) is 0 Å². The number of hydrogen-bond acceptors (Lipinski definition) is 1. The summed E-state index contributed by atoms with van der Waals surface area (Å²) in [6.45, 7) is 10.8. The summed E-state index contributed by atoms with van der Waals surface area (Å²) in [5, 5.41) is 0. The largest absolute Gasteiger partial charge is 0.346 e. The van der Waals surface area contributed by atoms with E-state index in [9.17, 15) is 8.78 Å². The number of halogens is 2. The average Bonchev–Trinajstić information content (AvgIpc) is 3.10. The molecule has 2 aromatic carbocycles. The molecule has 4 heteroatoms. The second kappa shape index (κ2) is 9.36. The van der Waals surface area contributed by atoms with Crippen LogP contribution in [0.1, 0.15) is 43.2 Å². The van der Waals surface area contributed by atoms with Gasteiger partial charge in [0.15, 0.2) is 11.6 Å². The molecular formula is C25H30F2N2. The molecular weight excluding hydrogens is 366 g/mol. The lowest BCUT2D eigenvalue weighted by atomic mass is 10.0. The summed E-state index contributed by atoms with van der Waals surface area (Å²) in [6.07, 6.45) is 2.10. The van der Waals surface area contributed by atoms with E-state index >= 15 is 0 Å². The monoisotopic (exact) mass is 396 g/mol. The molecule has 1 atom stereocenters. The quantitative estimate of drug-likeness (QED) is 0.442. The minimum atomic E-state index is -0.802. The van der Waals surface area contributed by atoms with Crippen LogP contribution in [0.4, 0.5) is 8.78 Å². The van der Waals surface area contributed by atoms with Crippen LogP contribution in [0.3, 0.4) is 0 Å². The number of aryl methyl sites for hydroxylation is 1. The maximum atomic E-state index is 13.7. The fourth-order valence-electron chi connectivity index (χ4n) is 3.60.